The second-order valence-corrected chi connectivity index (χ2v) is 7.83. The number of hydrogen-bond acceptors (Lipinski definition) is 6. The van der Waals surface area contributed by atoms with E-state index in [9.17, 15) is 16.8 Å². The van der Waals surface area contributed by atoms with E-state index in [4.69, 9.17) is 20.6 Å². The van der Waals surface area contributed by atoms with E-state index in [0.717, 1.165) is 18.2 Å². The molecule has 0 aliphatic heterocycles. The van der Waals surface area contributed by atoms with E-state index in [1.165, 1.54) is 18.2 Å². The van der Waals surface area contributed by atoms with Crippen molar-refractivity contribution in [3.05, 3.63) is 46.9 Å². The fraction of sp³-hybridized carbons (Fsp3) is 0.167. The van der Waals surface area contributed by atoms with Crippen LogP contribution in [0.4, 0.5) is 0 Å². The van der Waals surface area contributed by atoms with Crippen LogP contribution in [0.5, 0.6) is 0 Å². The molecule has 0 saturated carbocycles. The highest BCUT2D eigenvalue weighted by molar-refractivity contribution is 7.90. The van der Waals surface area contributed by atoms with Crippen molar-refractivity contribution in [1.82, 2.24) is 0 Å². The second kappa shape index (κ2) is 5.26. The fourth-order valence-electron chi connectivity index (χ4n) is 2.10. The van der Waals surface area contributed by atoms with Crippen molar-refractivity contribution in [3.8, 4) is 0 Å². The van der Waals surface area contributed by atoms with Crippen molar-refractivity contribution in [1.29, 1.82) is 0 Å². The minimum Gasteiger partial charge on any atom is -0.310 e. The number of rotatable bonds is 3. The van der Waals surface area contributed by atoms with E-state index in [-0.39, 0.29) is 11.3 Å². The van der Waals surface area contributed by atoms with Crippen molar-refractivity contribution >= 4 is 25.8 Å². The molecule has 0 fully saturated rings. The molecule has 6 N–H and O–H groups in total. The van der Waals surface area contributed by atoms with Gasteiger partial charge in [-0.25, -0.2) is 0 Å². The number of allylic oxidation sites excluding steroid dienone is 1. The molecule has 22 heavy (non-hydrogen) atoms. The fourth-order valence-corrected chi connectivity index (χ4v) is 3.29. The maximum atomic E-state index is 11.3. The third-order valence-corrected chi connectivity index (χ3v) is 4.71. The summed E-state index contributed by atoms with van der Waals surface area (Å²) in [4.78, 5) is -0.829. The van der Waals surface area contributed by atoms with Gasteiger partial charge in [0.1, 0.15) is 0 Å². The van der Waals surface area contributed by atoms with Gasteiger partial charge in [-0.3, -0.25) is 9.11 Å². The van der Waals surface area contributed by atoms with Crippen LogP contribution in [0, 0.1) is 0 Å². The SMILES string of the molecule is NC1(N)C=C(S(=O)(=O)O)C=C(c2cccc(S(=O)(=O)O)c2)C1. The molecule has 2 rings (SSSR count). The molecule has 0 amide bonds. The average Bonchev–Trinajstić information content (AvgIpc) is 2.35. The summed E-state index contributed by atoms with van der Waals surface area (Å²) in [5.74, 6) is 0. The van der Waals surface area contributed by atoms with E-state index in [2.05, 4.69) is 0 Å². The van der Waals surface area contributed by atoms with E-state index >= 15 is 0 Å². The molecular formula is C12H14N2O6S2. The molecule has 1 aromatic carbocycles. The van der Waals surface area contributed by atoms with Crippen molar-refractivity contribution in [2.24, 2.45) is 11.5 Å². The topological polar surface area (TPSA) is 161 Å². The van der Waals surface area contributed by atoms with Gasteiger partial charge in [0.2, 0.25) is 0 Å². The maximum absolute atomic E-state index is 11.3. The smallest absolute Gasteiger partial charge is 0.294 e. The Morgan fingerprint density at radius 2 is 1.68 bits per heavy atom. The van der Waals surface area contributed by atoms with E-state index in [0.29, 0.717) is 11.1 Å². The van der Waals surface area contributed by atoms with Gasteiger partial charge >= 0.3 is 0 Å². The Hall–Kier alpha value is -1.56. The molecule has 10 heteroatoms. The summed E-state index contributed by atoms with van der Waals surface area (Å²) in [5.41, 5.74) is 10.6. The number of hydrogen-bond donors (Lipinski definition) is 4. The predicted octanol–water partition coefficient (Wildman–Crippen LogP) is 0.106. The quantitative estimate of drug-likeness (QED) is 0.443. The number of benzene rings is 1. The zero-order valence-corrected chi connectivity index (χ0v) is 12.8. The normalized spacial score (nSPS) is 18.5. The summed E-state index contributed by atoms with van der Waals surface area (Å²) in [6.07, 6.45) is 2.18. The Morgan fingerprint density at radius 1 is 1.05 bits per heavy atom. The summed E-state index contributed by atoms with van der Waals surface area (Å²) in [6, 6.07) is 5.22. The van der Waals surface area contributed by atoms with Crippen molar-refractivity contribution in [3.63, 3.8) is 0 Å². The van der Waals surface area contributed by atoms with Gasteiger partial charge < -0.3 is 11.5 Å². The molecule has 0 aromatic heterocycles. The van der Waals surface area contributed by atoms with Crippen LogP contribution in [0.1, 0.15) is 12.0 Å². The lowest BCUT2D eigenvalue weighted by atomic mass is 9.91. The zero-order valence-electron chi connectivity index (χ0n) is 11.2. The molecule has 0 atom stereocenters. The van der Waals surface area contributed by atoms with Crippen LogP contribution in [0.25, 0.3) is 5.57 Å². The van der Waals surface area contributed by atoms with Crippen LogP contribution in [0.2, 0.25) is 0 Å². The van der Waals surface area contributed by atoms with Gasteiger partial charge in [-0.05, 0) is 35.4 Å². The van der Waals surface area contributed by atoms with Gasteiger partial charge in [-0.15, -0.1) is 0 Å². The minimum absolute atomic E-state index is 0.0148. The van der Waals surface area contributed by atoms with Crippen molar-refractivity contribution in [2.45, 2.75) is 17.0 Å². The first-order chi connectivity index (χ1) is 9.88. The number of nitrogens with two attached hydrogens (primary N) is 2. The summed E-state index contributed by atoms with van der Waals surface area (Å²) in [7, 11) is -8.93. The van der Waals surface area contributed by atoms with Gasteiger partial charge in [0.15, 0.2) is 0 Å². The first-order valence-corrected chi connectivity index (χ1v) is 8.83. The predicted molar refractivity (Wildman–Crippen MR) is 79.6 cm³/mol. The first-order valence-electron chi connectivity index (χ1n) is 5.95. The zero-order chi connectivity index (χ0) is 16.8. The Bertz CT molecular complexity index is 882. The molecule has 120 valence electrons. The van der Waals surface area contributed by atoms with Crippen LogP contribution in [-0.2, 0) is 20.2 Å². The summed E-state index contributed by atoms with van der Waals surface area (Å²) >= 11 is 0. The molecule has 0 unspecified atom stereocenters. The lowest BCUT2D eigenvalue weighted by molar-refractivity contribution is 0.482. The van der Waals surface area contributed by atoms with Gasteiger partial charge in [-0.2, -0.15) is 16.8 Å². The molecule has 0 spiro atoms. The van der Waals surface area contributed by atoms with Gasteiger partial charge in [0, 0.05) is 6.42 Å². The third kappa shape index (κ3) is 3.80. The molecular weight excluding hydrogens is 332 g/mol. The molecule has 0 heterocycles. The average molecular weight is 346 g/mol. The van der Waals surface area contributed by atoms with E-state index < -0.39 is 30.8 Å². The van der Waals surface area contributed by atoms with E-state index in [1.807, 2.05) is 0 Å². The van der Waals surface area contributed by atoms with Gasteiger partial charge in [0.25, 0.3) is 20.2 Å². The Kier molecular flexibility index (Phi) is 4.02. The Labute approximate surface area is 127 Å². The minimum atomic E-state index is -4.52. The van der Waals surface area contributed by atoms with Gasteiger partial charge in [0.05, 0.1) is 15.5 Å². The van der Waals surface area contributed by atoms with E-state index in [1.54, 1.807) is 0 Å². The molecule has 0 bridgehead atoms. The molecule has 1 aliphatic rings. The highest BCUT2D eigenvalue weighted by atomic mass is 32.2. The summed E-state index contributed by atoms with van der Waals surface area (Å²) in [5, 5.41) is 0. The lowest BCUT2D eigenvalue weighted by Gasteiger charge is -2.27. The molecule has 0 radical (unpaired) electrons. The maximum Gasteiger partial charge on any atom is 0.294 e. The van der Waals surface area contributed by atoms with Crippen LogP contribution in [0.3, 0.4) is 0 Å². The van der Waals surface area contributed by atoms with Crippen LogP contribution >= 0.6 is 0 Å². The highest BCUT2D eigenvalue weighted by Gasteiger charge is 2.28. The molecule has 1 aromatic rings. The summed E-state index contributed by atoms with van der Waals surface area (Å²) < 4.78 is 63.0. The molecule has 1 aliphatic carbocycles. The highest BCUT2D eigenvalue weighted by Crippen LogP contribution is 2.31. The van der Waals surface area contributed by atoms with Crippen molar-refractivity contribution in [2.75, 3.05) is 0 Å². The molecule has 8 nitrogen and oxygen atoms in total. The second-order valence-electron chi connectivity index (χ2n) is 4.98. The Balaban J connectivity index is 2.58. The van der Waals surface area contributed by atoms with Crippen LogP contribution in [-0.4, -0.2) is 31.6 Å². The molecule has 0 saturated heterocycles. The largest absolute Gasteiger partial charge is 0.310 e. The van der Waals surface area contributed by atoms with Crippen LogP contribution in [0.15, 0.2) is 46.2 Å². The van der Waals surface area contributed by atoms with Gasteiger partial charge in [-0.1, -0.05) is 12.1 Å². The third-order valence-electron chi connectivity index (χ3n) is 3.02. The first kappa shape index (κ1) is 16.8. The van der Waals surface area contributed by atoms with Crippen molar-refractivity contribution < 1.29 is 25.9 Å². The monoisotopic (exact) mass is 346 g/mol. The van der Waals surface area contributed by atoms with Crippen LogP contribution < -0.4 is 11.5 Å². The Morgan fingerprint density at radius 3 is 2.23 bits per heavy atom. The standard InChI is InChI=1S/C12H14N2O6S2/c13-12(14)6-9(5-11(7-12)22(18,19)20)8-2-1-3-10(4-8)21(15,16)17/h1-5,7H,6,13-14H2,(H,15,16,17)(H,18,19,20). The lowest BCUT2D eigenvalue weighted by Crippen LogP contribution is -2.49. The summed E-state index contributed by atoms with van der Waals surface area (Å²) in [6.45, 7) is 0.